The average molecular weight is 291 g/mol. The smallest absolute Gasteiger partial charge is 0.253 e. The Kier molecular flexibility index (Phi) is 5.18. The largest absolute Gasteiger partial charge is 0.392 e. The Morgan fingerprint density at radius 2 is 2.18 bits per heavy atom. The minimum Gasteiger partial charge on any atom is -0.392 e. The predicted molar refractivity (Wildman–Crippen MR) is 74.8 cm³/mol. The molecule has 1 unspecified atom stereocenters. The number of carbonyl (C=O) groups excluding carboxylic acids is 1. The normalized spacial score (nSPS) is 11.9. The molecule has 1 aromatic rings. The molecule has 1 amide bonds. The van der Waals surface area contributed by atoms with Crippen LogP contribution < -0.4 is 11.1 Å². The van der Waals surface area contributed by atoms with E-state index in [-0.39, 0.29) is 16.9 Å². The molecule has 0 bridgehead atoms. The second-order valence-electron chi connectivity index (χ2n) is 3.46. The van der Waals surface area contributed by atoms with Crippen LogP contribution in [0.3, 0.4) is 0 Å². The molecule has 0 spiro atoms. The van der Waals surface area contributed by atoms with Gasteiger partial charge >= 0.3 is 0 Å². The van der Waals surface area contributed by atoms with Crippen LogP contribution in [0.4, 0.5) is 0 Å². The van der Waals surface area contributed by atoms with Crippen molar-refractivity contribution in [1.29, 1.82) is 0 Å². The summed E-state index contributed by atoms with van der Waals surface area (Å²) in [4.78, 5) is 12.2. The standard InChI is InChI=1S/C11H12Cl2N2OS/c1-2-9(10(14)17)15-11(16)7-4-3-6(12)5-8(7)13/h3-5,9H,2H2,1H3,(H2,14,17)(H,15,16). The Balaban J connectivity index is 2.86. The van der Waals surface area contributed by atoms with Gasteiger partial charge in [-0.25, -0.2) is 0 Å². The highest BCUT2D eigenvalue weighted by Gasteiger charge is 2.16. The highest BCUT2D eigenvalue weighted by Crippen LogP contribution is 2.20. The van der Waals surface area contributed by atoms with E-state index in [0.29, 0.717) is 22.0 Å². The van der Waals surface area contributed by atoms with Crippen LogP contribution in [0.15, 0.2) is 18.2 Å². The van der Waals surface area contributed by atoms with Crippen molar-refractivity contribution in [3.8, 4) is 0 Å². The maximum atomic E-state index is 11.9. The molecule has 92 valence electrons. The van der Waals surface area contributed by atoms with Crippen molar-refractivity contribution in [2.24, 2.45) is 5.73 Å². The second kappa shape index (κ2) is 6.19. The third-order valence-electron chi connectivity index (χ3n) is 2.23. The number of benzene rings is 1. The summed E-state index contributed by atoms with van der Waals surface area (Å²) in [5.74, 6) is -0.314. The van der Waals surface area contributed by atoms with Gasteiger partial charge in [-0.2, -0.15) is 0 Å². The number of halogens is 2. The van der Waals surface area contributed by atoms with Crippen LogP contribution >= 0.6 is 35.4 Å². The number of amides is 1. The minimum absolute atomic E-state index is 0.255. The Bertz CT molecular complexity index is 451. The van der Waals surface area contributed by atoms with E-state index in [1.165, 1.54) is 6.07 Å². The van der Waals surface area contributed by atoms with Gasteiger partial charge in [-0.05, 0) is 24.6 Å². The molecule has 0 radical (unpaired) electrons. The molecule has 0 fully saturated rings. The van der Waals surface area contributed by atoms with Crippen molar-refractivity contribution in [1.82, 2.24) is 5.32 Å². The van der Waals surface area contributed by atoms with E-state index in [1.54, 1.807) is 12.1 Å². The van der Waals surface area contributed by atoms with Gasteiger partial charge in [0.25, 0.3) is 5.91 Å². The lowest BCUT2D eigenvalue weighted by Crippen LogP contribution is -2.43. The van der Waals surface area contributed by atoms with Gasteiger partial charge in [-0.15, -0.1) is 0 Å². The van der Waals surface area contributed by atoms with Crippen molar-refractivity contribution >= 4 is 46.3 Å². The van der Waals surface area contributed by atoms with Gasteiger partial charge in [-0.3, -0.25) is 4.79 Å². The van der Waals surface area contributed by atoms with Gasteiger partial charge in [-0.1, -0.05) is 42.3 Å². The van der Waals surface area contributed by atoms with E-state index < -0.39 is 0 Å². The first kappa shape index (κ1) is 14.2. The average Bonchev–Trinajstić information content (AvgIpc) is 2.24. The maximum absolute atomic E-state index is 11.9. The number of rotatable bonds is 4. The van der Waals surface area contributed by atoms with Gasteiger partial charge in [0.05, 0.1) is 21.6 Å². The van der Waals surface area contributed by atoms with Crippen molar-refractivity contribution in [2.75, 3.05) is 0 Å². The number of thiocarbonyl (C=S) groups is 1. The molecule has 1 atom stereocenters. The molecular formula is C11H12Cl2N2OS. The fourth-order valence-corrected chi connectivity index (χ4v) is 2.00. The summed E-state index contributed by atoms with van der Waals surface area (Å²) < 4.78 is 0. The van der Waals surface area contributed by atoms with Crippen molar-refractivity contribution in [2.45, 2.75) is 19.4 Å². The zero-order chi connectivity index (χ0) is 13.0. The van der Waals surface area contributed by atoms with Crippen molar-refractivity contribution < 1.29 is 4.79 Å². The maximum Gasteiger partial charge on any atom is 0.253 e. The molecule has 6 heteroatoms. The molecule has 3 N–H and O–H groups in total. The highest BCUT2D eigenvalue weighted by atomic mass is 35.5. The Morgan fingerprint density at radius 1 is 1.53 bits per heavy atom. The first-order valence-corrected chi connectivity index (χ1v) is 6.17. The third kappa shape index (κ3) is 3.84. The van der Waals surface area contributed by atoms with E-state index in [4.69, 9.17) is 41.2 Å². The lowest BCUT2D eigenvalue weighted by atomic mass is 10.1. The Morgan fingerprint density at radius 3 is 2.65 bits per heavy atom. The van der Waals surface area contributed by atoms with Crippen LogP contribution in [0, 0.1) is 0 Å². The third-order valence-corrected chi connectivity index (χ3v) is 3.07. The minimum atomic E-state index is -0.329. The molecule has 0 aliphatic rings. The monoisotopic (exact) mass is 290 g/mol. The molecule has 1 aromatic carbocycles. The molecule has 0 aliphatic carbocycles. The molecule has 0 heterocycles. The molecule has 0 saturated carbocycles. The van der Waals surface area contributed by atoms with E-state index in [9.17, 15) is 4.79 Å². The van der Waals surface area contributed by atoms with E-state index in [2.05, 4.69) is 5.32 Å². The number of carbonyl (C=O) groups is 1. The number of hydrogen-bond acceptors (Lipinski definition) is 2. The fraction of sp³-hybridized carbons (Fsp3) is 0.273. The first-order valence-electron chi connectivity index (χ1n) is 5.01. The lowest BCUT2D eigenvalue weighted by Gasteiger charge is -2.15. The van der Waals surface area contributed by atoms with E-state index in [0.717, 1.165) is 0 Å². The van der Waals surface area contributed by atoms with Crippen LogP contribution in [-0.4, -0.2) is 16.9 Å². The highest BCUT2D eigenvalue weighted by molar-refractivity contribution is 7.80. The second-order valence-corrected chi connectivity index (χ2v) is 4.78. The summed E-state index contributed by atoms with van der Waals surface area (Å²) in [6.07, 6.45) is 0.631. The summed E-state index contributed by atoms with van der Waals surface area (Å²) in [5, 5.41) is 3.49. The molecule has 3 nitrogen and oxygen atoms in total. The van der Waals surface area contributed by atoms with E-state index >= 15 is 0 Å². The van der Waals surface area contributed by atoms with Crippen LogP contribution in [-0.2, 0) is 0 Å². The quantitative estimate of drug-likeness (QED) is 0.839. The molecular weight excluding hydrogens is 279 g/mol. The van der Waals surface area contributed by atoms with Gasteiger partial charge in [0.1, 0.15) is 0 Å². The fourth-order valence-electron chi connectivity index (χ4n) is 1.28. The van der Waals surface area contributed by atoms with E-state index in [1.807, 2.05) is 6.92 Å². The van der Waals surface area contributed by atoms with Crippen LogP contribution in [0.25, 0.3) is 0 Å². The van der Waals surface area contributed by atoms with Gasteiger partial charge in [0.15, 0.2) is 0 Å². The summed E-state index contributed by atoms with van der Waals surface area (Å²) in [7, 11) is 0. The van der Waals surface area contributed by atoms with Crippen LogP contribution in [0.2, 0.25) is 10.0 Å². The van der Waals surface area contributed by atoms with Crippen LogP contribution in [0.5, 0.6) is 0 Å². The summed E-state index contributed by atoms with van der Waals surface area (Å²) in [6, 6.07) is 4.35. The number of nitrogens with two attached hydrogens (primary N) is 1. The topological polar surface area (TPSA) is 55.1 Å². The number of nitrogens with one attached hydrogen (secondary N) is 1. The molecule has 0 aromatic heterocycles. The number of hydrogen-bond donors (Lipinski definition) is 2. The SMILES string of the molecule is CCC(NC(=O)c1ccc(Cl)cc1Cl)C(N)=S. The Hall–Kier alpha value is -0.840. The lowest BCUT2D eigenvalue weighted by molar-refractivity contribution is 0.0946. The molecule has 0 aliphatic heterocycles. The molecule has 0 saturated heterocycles. The summed E-state index contributed by atoms with van der Waals surface area (Å²) in [6.45, 7) is 1.88. The van der Waals surface area contributed by atoms with Gasteiger partial charge in [0.2, 0.25) is 0 Å². The molecule has 1 rings (SSSR count). The summed E-state index contributed by atoms with van der Waals surface area (Å²) >= 11 is 16.5. The summed E-state index contributed by atoms with van der Waals surface area (Å²) in [5.41, 5.74) is 5.85. The first-order chi connectivity index (χ1) is 7.95. The predicted octanol–water partition coefficient (Wildman–Crippen LogP) is 2.79. The zero-order valence-electron chi connectivity index (χ0n) is 9.17. The zero-order valence-corrected chi connectivity index (χ0v) is 11.5. The van der Waals surface area contributed by atoms with Gasteiger partial charge < -0.3 is 11.1 Å². The molecule has 17 heavy (non-hydrogen) atoms. The van der Waals surface area contributed by atoms with Crippen molar-refractivity contribution in [3.05, 3.63) is 33.8 Å². The Labute approximate surface area is 115 Å². The van der Waals surface area contributed by atoms with Gasteiger partial charge in [0, 0.05) is 5.02 Å². The van der Waals surface area contributed by atoms with Crippen LogP contribution in [0.1, 0.15) is 23.7 Å². The van der Waals surface area contributed by atoms with Crippen molar-refractivity contribution in [3.63, 3.8) is 0 Å².